The molecule has 0 saturated carbocycles. The Balaban J connectivity index is 1.91. The molecular formula is C20H25N3O3S. The molecule has 0 spiro atoms. The van der Waals surface area contributed by atoms with Crippen LogP contribution < -0.4 is 10.0 Å². The second-order valence-electron chi connectivity index (χ2n) is 7.01. The number of carbonyl (C=O) groups is 1. The van der Waals surface area contributed by atoms with Gasteiger partial charge >= 0.3 is 0 Å². The zero-order chi connectivity index (χ0) is 19.6. The van der Waals surface area contributed by atoms with Crippen LogP contribution in [-0.4, -0.2) is 44.9 Å². The molecule has 1 heterocycles. The maximum Gasteiger partial charge on any atom is 0.262 e. The largest absolute Gasteiger partial charge is 0.333 e. The highest BCUT2D eigenvalue weighted by Crippen LogP contribution is 2.22. The Morgan fingerprint density at radius 1 is 1.19 bits per heavy atom. The highest BCUT2D eigenvalue weighted by molar-refractivity contribution is 7.92. The Morgan fingerprint density at radius 2 is 1.96 bits per heavy atom. The number of nitrogens with one attached hydrogen (secondary N) is 2. The zero-order valence-corrected chi connectivity index (χ0v) is 16.6. The topological polar surface area (TPSA) is 78.5 Å². The molecule has 0 unspecified atom stereocenters. The maximum absolute atomic E-state index is 12.9. The third-order valence-corrected chi connectivity index (χ3v) is 6.28. The number of nitrogens with zero attached hydrogens (tertiary/aromatic N) is 1. The van der Waals surface area contributed by atoms with Gasteiger partial charge in [-0.3, -0.25) is 9.52 Å². The fourth-order valence-electron chi connectivity index (χ4n) is 3.25. The number of rotatable bonds is 4. The van der Waals surface area contributed by atoms with Gasteiger partial charge in [0.05, 0.1) is 4.90 Å². The summed E-state index contributed by atoms with van der Waals surface area (Å²) in [6, 6.07) is 12.1. The van der Waals surface area contributed by atoms with Gasteiger partial charge in [0.25, 0.3) is 15.9 Å². The van der Waals surface area contributed by atoms with Crippen LogP contribution in [0.4, 0.5) is 5.69 Å². The van der Waals surface area contributed by atoms with E-state index in [1.807, 2.05) is 19.9 Å². The number of piperazine rings is 1. The summed E-state index contributed by atoms with van der Waals surface area (Å²) in [4.78, 5) is 14.8. The number of aryl methyl sites for hydroxylation is 2. The third kappa shape index (κ3) is 4.31. The summed E-state index contributed by atoms with van der Waals surface area (Å²) in [5, 5.41) is 3.25. The molecule has 0 bridgehead atoms. The molecular weight excluding hydrogens is 362 g/mol. The van der Waals surface area contributed by atoms with E-state index in [0.717, 1.165) is 18.7 Å². The molecule has 144 valence electrons. The average Bonchev–Trinajstić information content (AvgIpc) is 2.61. The van der Waals surface area contributed by atoms with Crippen molar-refractivity contribution in [2.45, 2.75) is 31.7 Å². The van der Waals surface area contributed by atoms with Crippen LogP contribution in [0.2, 0.25) is 0 Å². The van der Waals surface area contributed by atoms with E-state index in [1.54, 1.807) is 42.2 Å². The summed E-state index contributed by atoms with van der Waals surface area (Å²) in [5.74, 6) is -0.143. The first-order valence-corrected chi connectivity index (χ1v) is 10.5. The number of benzene rings is 2. The summed E-state index contributed by atoms with van der Waals surface area (Å²) >= 11 is 0. The summed E-state index contributed by atoms with van der Waals surface area (Å²) in [6.45, 7) is 7.69. The summed E-state index contributed by atoms with van der Waals surface area (Å²) < 4.78 is 28.4. The summed E-state index contributed by atoms with van der Waals surface area (Å²) in [7, 11) is -3.79. The highest BCUT2D eigenvalue weighted by atomic mass is 32.2. The van der Waals surface area contributed by atoms with Crippen LogP contribution >= 0.6 is 0 Å². The van der Waals surface area contributed by atoms with Crippen molar-refractivity contribution in [2.24, 2.45) is 0 Å². The minimum absolute atomic E-state index is 0.0676. The van der Waals surface area contributed by atoms with Crippen LogP contribution in [-0.2, 0) is 10.0 Å². The first-order valence-electron chi connectivity index (χ1n) is 9.00. The molecule has 2 aromatic carbocycles. The molecule has 2 N–H and O–H groups in total. The van der Waals surface area contributed by atoms with E-state index in [9.17, 15) is 13.2 Å². The molecule has 3 rings (SSSR count). The van der Waals surface area contributed by atoms with Gasteiger partial charge < -0.3 is 10.2 Å². The van der Waals surface area contributed by atoms with Gasteiger partial charge in [0, 0.05) is 36.9 Å². The lowest BCUT2D eigenvalue weighted by atomic mass is 10.1. The predicted octanol–water partition coefficient (Wildman–Crippen LogP) is 2.54. The quantitative estimate of drug-likeness (QED) is 0.845. The van der Waals surface area contributed by atoms with Gasteiger partial charge in [-0.25, -0.2) is 8.42 Å². The number of hydrogen-bond acceptors (Lipinski definition) is 4. The van der Waals surface area contributed by atoms with Gasteiger partial charge in [0.2, 0.25) is 0 Å². The van der Waals surface area contributed by atoms with Crippen LogP contribution in [0, 0.1) is 13.8 Å². The SMILES string of the molecule is Cc1cccc(NS(=O)(=O)c2cc(C(=O)N3CCNC[C@H]3C)ccc2C)c1. The molecule has 2 aromatic rings. The van der Waals surface area contributed by atoms with Gasteiger partial charge in [-0.1, -0.05) is 18.2 Å². The van der Waals surface area contributed by atoms with Crippen LogP contribution in [0.1, 0.15) is 28.4 Å². The lowest BCUT2D eigenvalue weighted by Gasteiger charge is -2.34. The third-order valence-electron chi connectivity index (χ3n) is 4.76. The predicted molar refractivity (Wildman–Crippen MR) is 107 cm³/mol. The minimum atomic E-state index is -3.79. The number of sulfonamides is 1. The Hall–Kier alpha value is -2.38. The van der Waals surface area contributed by atoms with E-state index < -0.39 is 10.0 Å². The first kappa shape index (κ1) is 19.4. The molecule has 0 radical (unpaired) electrons. The standard InChI is InChI=1S/C20H25N3O3S/c1-14-5-4-6-18(11-14)22-27(25,26)19-12-17(8-7-15(19)2)20(24)23-10-9-21-13-16(23)3/h4-8,11-12,16,21-22H,9-10,13H2,1-3H3/t16-/m1/s1. The van der Waals surface area contributed by atoms with Gasteiger partial charge in [-0.2, -0.15) is 0 Å². The molecule has 0 aliphatic carbocycles. The highest BCUT2D eigenvalue weighted by Gasteiger charge is 2.26. The lowest BCUT2D eigenvalue weighted by molar-refractivity contribution is 0.0655. The van der Waals surface area contributed by atoms with E-state index in [0.29, 0.717) is 23.4 Å². The van der Waals surface area contributed by atoms with Gasteiger partial charge in [0.15, 0.2) is 0 Å². The Kier molecular flexibility index (Phi) is 5.53. The molecule has 0 aromatic heterocycles. The average molecular weight is 388 g/mol. The Labute approximate surface area is 160 Å². The molecule has 6 nitrogen and oxygen atoms in total. The van der Waals surface area contributed by atoms with Crippen molar-refractivity contribution in [1.29, 1.82) is 0 Å². The molecule has 1 atom stereocenters. The van der Waals surface area contributed by atoms with Crippen LogP contribution in [0.3, 0.4) is 0 Å². The number of amides is 1. The Bertz CT molecular complexity index is 957. The van der Waals surface area contributed by atoms with Crippen molar-refractivity contribution in [3.05, 3.63) is 59.2 Å². The molecule has 1 aliphatic heterocycles. The minimum Gasteiger partial charge on any atom is -0.333 e. The van der Waals surface area contributed by atoms with Crippen molar-refractivity contribution < 1.29 is 13.2 Å². The number of anilines is 1. The number of carbonyl (C=O) groups excluding carboxylic acids is 1. The molecule has 27 heavy (non-hydrogen) atoms. The fraction of sp³-hybridized carbons (Fsp3) is 0.350. The normalized spacial score (nSPS) is 17.6. The lowest BCUT2D eigenvalue weighted by Crippen LogP contribution is -2.52. The van der Waals surface area contributed by atoms with Crippen molar-refractivity contribution in [1.82, 2.24) is 10.2 Å². The Morgan fingerprint density at radius 3 is 2.67 bits per heavy atom. The van der Waals surface area contributed by atoms with E-state index in [4.69, 9.17) is 0 Å². The van der Waals surface area contributed by atoms with Crippen LogP contribution in [0.5, 0.6) is 0 Å². The molecule has 7 heteroatoms. The van der Waals surface area contributed by atoms with E-state index in [-0.39, 0.29) is 16.8 Å². The van der Waals surface area contributed by atoms with Crippen molar-refractivity contribution in [3.63, 3.8) is 0 Å². The van der Waals surface area contributed by atoms with Gasteiger partial charge in [-0.15, -0.1) is 0 Å². The second kappa shape index (κ2) is 7.70. The first-order chi connectivity index (χ1) is 12.8. The van der Waals surface area contributed by atoms with Crippen molar-refractivity contribution >= 4 is 21.6 Å². The fourth-order valence-corrected chi connectivity index (χ4v) is 4.57. The molecule has 1 aliphatic rings. The van der Waals surface area contributed by atoms with Crippen LogP contribution in [0.15, 0.2) is 47.4 Å². The van der Waals surface area contributed by atoms with E-state index >= 15 is 0 Å². The maximum atomic E-state index is 12.9. The zero-order valence-electron chi connectivity index (χ0n) is 15.8. The molecule has 1 amide bonds. The summed E-state index contributed by atoms with van der Waals surface area (Å²) in [6.07, 6.45) is 0. The number of hydrogen-bond donors (Lipinski definition) is 2. The molecule has 1 fully saturated rings. The second-order valence-corrected chi connectivity index (χ2v) is 8.66. The van der Waals surface area contributed by atoms with Gasteiger partial charge in [0.1, 0.15) is 0 Å². The van der Waals surface area contributed by atoms with E-state index in [2.05, 4.69) is 10.0 Å². The van der Waals surface area contributed by atoms with Crippen LogP contribution in [0.25, 0.3) is 0 Å². The summed E-state index contributed by atoms with van der Waals surface area (Å²) in [5.41, 5.74) is 2.45. The monoisotopic (exact) mass is 387 g/mol. The van der Waals surface area contributed by atoms with Crippen molar-refractivity contribution in [2.75, 3.05) is 24.4 Å². The smallest absolute Gasteiger partial charge is 0.262 e. The van der Waals surface area contributed by atoms with E-state index in [1.165, 1.54) is 6.07 Å². The van der Waals surface area contributed by atoms with Gasteiger partial charge in [-0.05, 0) is 56.2 Å². The molecule has 1 saturated heterocycles. The van der Waals surface area contributed by atoms with Crippen molar-refractivity contribution in [3.8, 4) is 0 Å².